The van der Waals surface area contributed by atoms with Crippen LogP contribution in [-0.2, 0) is 6.61 Å². The molecule has 1 N–H and O–H groups in total. The third-order valence-corrected chi connectivity index (χ3v) is 2.46. The summed E-state index contributed by atoms with van der Waals surface area (Å²) < 4.78 is 5.11. The van der Waals surface area contributed by atoms with Gasteiger partial charge in [-0.3, -0.25) is 0 Å². The molecule has 78 valence electrons. The normalized spacial score (nSPS) is 10.6. The highest BCUT2D eigenvalue weighted by Gasteiger charge is 2.10. The zero-order valence-corrected chi connectivity index (χ0v) is 8.82. The lowest BCUT2D eigenvalue weighted by atomic mass is 10.0. The maximum atomic E-state index is 8.94. The van der Waals surface area contributed by atoms with Gasteiger partial charge in [-0.2, -0.15) is 0 Å². The van der Waals surface area contributed by atoms with Gasteiger partial charge in [-0.05, 0) is 25.0 Å². The lowest BCUT2D eigenvalue weighted by Gasteiger charge is -2.01. The molecule has 0 saturated carbocycles. The fraction of sp³-hybridized carbons (Fsp3) is 0.250. The van der Waals surface area contributed by atoms with Gasteiger partial charge in [0.15, 0.2) is 0 Å². The SMILES string of the molecule is Cc1noc(C)c1-c1ccc(CO)cc1. The molecule has 0 saturated heterocycles. The number of aliphatic hydroxyl groups excluding tert-OH is 1. The second-order valence-corrected chi connectivity index (χ2v) is 3.55. The fourth-order valence-corrected chi connectivity index (χ4v) is 1.67. The third kappa shape index (κ3) is 1.78. The van der Waals surface area contributed by atoms with E-state index in [1.807, 2.05) is 38.1 Å². The number of aliphatic hydroxyl groups is 1. The van der Waals surface area contributed by atoms with Crippen molar-refractivity contribution in [2.45, 2.75) is 20.5 Å². The van der Waals surface area contributed by atoms with Crippen LogP contribution < -0.4 is 0 Å². The largest absolute Gasteiger partial charge is 0.392 e. The molecule has 1 heterocycles. The lowest BCUT2D eigenvalue weighted by Crippen LogP contribution is -1.85. The minimum atomic E-state index is 0.0713. The molecule has 0 aliphatic heterocycles. The van der Waals surface area contributed by atoms with E-state index in [1.165, 1.54) is 0 Å². The van der Waals surface area contributed by atoms with Crippen molar-refractivity contribution in [3.8, 4) is 11.1 Å². The van der Waals surface area contributed by atoms with Crippen LogP contribution in [-0.4, -0.2) is 10.3 Å². The standard InChI is InChI=1S/C12H13NO2/c1-8-12(9(2)15-13-8)11-5-3-10(7-14)4-6-11/h3-6,14H,7H2,1-2H3. The number of aryl methyl sites for hydroxylation is 2. The first-order chi connectivity index (χ1) is 7.22. The zero-order valence-electron chi connectivity index (χ0n) is 8.82. The van der Waals surface area contributed by atoms with Gasteiger partial charge in [0.05, 0.1) is 12.3 Å². The minimum absolute atomic E-state index is 0.0713. The molecule has 3 heteroatoms. The highest BCUT2D eigenvalue weighted by molar-refractivity contribution is 5.67. The van der Waals surface area contributed by atoms with E-state index in [1.54, 1.807) is 0 Å². The van der Waals surface area contributed by atoms with Gasteiger partial charge in [0.25, 0.3) is 0 Å². The monoisotopic (exact) mass is 203 g/mol. The Morgan fingerprint density at radius 1 is 1.20 bits per heavy atom. The summed E-state index contributed by atoms with van der Waals surface area (Å²) in [4.78, 5) is 0. The van der Waals surface area contributed by atoms with Crippen LogP contribution in [0.1, 0.15) is 17.0 Å². The summed E-state index contributed by atoms with van der Waals surface area (Å²) in [6.45, 7) is 3.89. The van der Waals surface area contributed by atoms with Crippen molar-refractivity contribution in [1.82, 2.24) is 5.16 Å². The number of hydrogen-bond donors (Lipinski definition) is 1. The van der Waals surface area contributed by atoms with E-state index < -0.39 is 0 Å². The Kier molecular flexibility index (Phi) is 2.56. The van der Waals surface area contributed by atoms with Crippen molar-refractivity contribution in [3.63, 3.8) is 0 Å². The second-order valence-electron chi connectivity index (χ2n) is 3.55. The summed E-state index contributed by atoms with van der Waals surface area (Å²) in [5.41, 5.74) is 3.91. The maximum Gasteiger partial charge on any atom is 0.141 e. The Hall–Kier alpha value is -1.61. The van der Waals surface area contributed by atoms with Crippen LogP contribution in [0, 0.1) is 13.8 Å². The molecule has 0 spiro atoms. The first kappa shape index (κ1) is 9.93. The highest BCUT2D eigenvalue weighted by Crippen LogP contribution is 2.26. The Balaban J connectivity index is 2.45. The van der Waals surface area contributed by atoms with E-state index in [0.717, 1.165) is 28.1 Å². The van der Waals surface area contributed by atoms with Gasteiger partial charge in [-0.15, -0.1) is 0 Å². The van der Waals surface area contributed by atoms with Gasteiger partial charge in [0.2, 0.25) is 0 Å². The van der Waals surface area contributed by atoms with Crippen LogP contribution in [0.2, 0.25) is 0 Å². The molecule has 3 nitrogen and oxygen atoms in total. The molecule has 15 heavy (non-hydrogen) atoms. The minimum Gasteiger partial charge on any atom is -0.392 e. The van der Waals surface area contributed by atoms with Crippen molar-refractivity contribution < 1.29 is 9.63 Å². The molecule has 2 aromatic rings. The highest BCUT2D eigenvalue weighted by atomic mass is 16.5. The van der Waals surface area contributed by atoms with Crippen molar-refractivity contribution in [3.05, 3.63) is 41.3 Å². The van der Waals surface area contributed by atoms with Gasteiger partial charge >= 0.3 is 0 Å². The van der Waals surface area contributed by atoms with Gasteiger partial charge in [-0.25, -0.2) is 0 Å². The van der Waals surface area contributed by atoms with Gasteiger partial charge in [0.1, 0.15) is 5.76 Å². The smallest absolute Gasteiger partial charge is 0.141 e. The van der Waals surface area contributed by atoms with Crippen LogP contribution in [0.4, 0.5) is 0 Å². The summed E-state index contributed by atoms with van der Waals surface area (Å²) in [6, 6.07) is 7.75. The summed E-state index contributed by atoms with van der Waals surface area (Å²) in [5, 5.41) is 12.8. The van der Waals surface area contributed by atoms with E-state index in [9.17, 15) is 0 Å². The second kappa shape index (κ2) is 3.87. The Bertz CT molecular complexity index is 437. The van der Waals surface area contributed by atoms with E-state index in [2.05, 4.69) is 5.16 Å². The zero-order chi connectivity index (χ0) is 10.8. The van der Waals surface area contributed by atoms with E-state index >= 15 is 0 Å². The van der Waals surface area contributed by atoms with Crippen LogP contribution in [0.15, 0.2) is 28.8 Å². The molecule has 0 radical (unpaired) electrons. The summed E-state index contributed by atoms with van der Waals surface area (Å²) in [7, 11) is 0. The number of aromatic nitrogens is 1. The molecular weight excluding hydrogens is 190 g/mol. The quantitative estimate of drug-likeness (QED) is 0.815. The lowest BCUT2D eigenvalue weighted by molar-refractivity contribution is 0.282. The summed E-state index contributed by atoms with van der Waals surface area (Å²) in [6.07, 6.45) is 0. The molecule has 1 aromatic heterocycles. The Morgan fingerprint density at radius 3 is 2.33 bits per heavy atom. The molecule has 2 rings (SSSR count). The van der Waals surface area contributed by atoms with Crippen molar-refractivity contribution in [1.29, 1.82) is 0 Å². The number of nitrogens with zero attached hydrogens (tertiary/aromatic N) is 1. The van der Waals surface area contributed by atoms with Gasteiger partial charge < -0.3 is 9.63 Å². The van der Waals surface area contributed by atoms with Crippen molar-refractivity contribution in [2.75, 3.05) is 0 Å². The first-order valence-corrected chi connectivity index (χ1v) is 4.85. The molecule has 1 aromatic carbocycles. The van der Waals surface area contributed by atoms with E-state index in [4.69, 9.17) is 9.63 Å². The van der Waals surface area contributed by atoms with Crippen LogP contribution in [0.25, 0.3) is 11.1 Å². The Labute approximate surface area is 88.3 Å². The van der Waals surface area contributed by atoms with Gasteiger partial charge in [-0.1, -0.05) is 29.4 Å². The van der Waals surface area contributed by atoms with Crippen LogP contribution >= 0.6 is 0 Å². The van der Waals surface area contributed by atoms with Crippen molar-refractivity contribution in [2.24, 2.45) is 0 Å². The average Bonchev–Trinajstić information content (AvgIpc) is 2.59. The first-order valence-electron chi connectivity index (χ1n) is 4.85. The topological polar surface area (TPSA) is 46.3 Å². The molecule has 0 fully saturated rings. The molecule has 0 aliphatic rings. The predicted octanol–water partition coefficient (Wildman–Crippen LogP) is 2.45. The summed E-state index contributed by atoms with van der Waals surface area (Å²) in [5.74, 6) is 0.823. The molecule has 0 atom stereocenters. The maximum absolute atomic E-state index is 8.94. The fourth-order valence-electron chi connectivity index (χ4n) is 1.67. The van der Waals surface area contributed by atoms with Crippen LogP contribution in [0.5, 0.6) is 0 Å². The molecular formula is C12H13NO2. The molecule has 0 aliphatic carbocycles. The average molecular weight is 203 g/mol. The van der Waals surface area contributed by atoms with Gasteiger partial charge in [0, 0.05) is 5.56 Å². The number of benzene rings is 1. The molecule has 0 unspecified atom stereocenters. The van der Waals surface area contributed by atoms with E-state index in [0.29, 0.717) is 0 Å². The van der Waals surface area contributed by atoms with Crippen LogP contribution in [0.3, 0.4) is 0 Å². The number of hydrogen-bond acceptors (Lipinski definition) is 3. The number of rotatable bonds is 2. The van der Waals surface area contributed by atoms with E-state index in [-0.39, 0.29) is 6.61 Å². The summed E-state index contributed by atoms with van der Waals surface area (Å²) >= 11 is 0. The third-order valence-electron chi connectivity index (χ3n) is 2.46. The predicted molar refractivity (Wildman–Crippen MR) is 57.3 cm³/mol. The Morgan fingerprint density at radius 2 is 1.87 bits per heavy atom. The van der Waals surface area contributed by atoms with Crippen molar-refractivity contribution >= 4 is 0 Å². The molecule has 0 bridgehead atoms. The molecule has 0 amide bonds.